The van der Waals surface area contributed by atoms with Gasteiger partial charge >= 0.3 is 0 Å². The predicted octanol–water partition coefficient (Wildman–Crippen LogP) is 2.73. The van der Waals surface area contributed by atoms with Crippen LogP contribution in [0, 0.1) is 6.92 Å². The monoisotopic (exact) mass is 220 g/mol. The van der Waals surface area contributed by atoms with Gasteiger partial charge in [0.2, 0.25) is 0 Å². The van der Waals surface area contributed by atoms with Gasteiger partial charge in [-0.15, -0.1) is 0 Å². The zero-order valence-corrected chi connectivity index (χ0v) is 11.1. The quantitative estimate of drug-likeness (QED) is 0.845. The van der Waals surface area contributed by atoms with Crippen LogP contribution in [0.25, 0.3) is 0 Å². The van der Waals surface area contributed by atoms with E-state index in [9.17, 15) is 0 Å². The van der Waals surface area contributed by atoms with Gasteiger partial charge in [0.25, 0.3) is 0 Å². The molecule has 2 N–H and O–H groups in total. The number of rotatable bonds is 4. The van der Waals surface area contributed by atoms with Crippen molar-refractivity contribution in [2.75, 3.05) is 14.1 Å². The molecule has 0 bridgehead atoms. The summed E-state index contributed by atoms with van der Waals surface area (Å²) in [5.74, 6) is 0. The first-order valence-electron chi connectivity index (χ1n) is 5.92. The van der Waals surface area contributed by atoms with Crippen molar-refractivity contribution in [3.05, 3.63) is 35.4 Å². The lowest BCUT2D eigenvalue weighted by atomic mass is 9.82. The molecule has 1 rings (SSSR count). The lowest BCUT2D eigenvalue weighted by Gasteiger charge is -2.41. The standard InChI is InChI=1S/C14H24N2/c1-6-14(3,16(4)5)13(15)12-10-8-7-9-11(12)2/h7-10,13H,6,15H2,1-5H3. The van der Waals surface area contributed by atoms with E-state index in [-0.39, 0.29) is 11.6 Å². The van der Waals surface area contributed by atoms with E-state index in [0.29, 0.717) is 0 Å². The van der Waals surface area contributed by atoms with Crippen LogP contribution in [0.1, 0.15) is 37.4 Å². The summed E-state index contributed by atoms with van der Waals surface area (Å²) in [5, 5.41) is 0. The molecular formula is C14H24N2. The Bertz CT molecular complexity index is 346. The van der Waals surface area contributed by atoms with Gasteiger partial charge in [-0.05, 0) is 45.5 Å². The van der Waals surface area contributed by atoms with Crippen molar-refractivity contribution in [2.45, 2.75) is 38.8 Å². The van der Waals surface area contributed by atoms with Gasteiger partial charge < -0.3 is 10.6 Å². The van der Waals surface area contributed by atoms with E-state index in [4.69, 9.17) is 5.73 Å². The third-order valence-corrected chi connectivity index (χ3v) is 3.93. The van der Waals surface area contributed by atoms with E-state index >= 15 is 0 Å². The Balaban J connectivity index is 3.10. The third kappa shape index (κ3) is 2.28. The molecule has 2 heteroatoms. The first kappa shape index (κ1) is 13.2. The Hall–Kier alpha value is -0.860. The highest BCUT2D eigenvalue weighted by Gasteiger charge is 2.33. The highest BCUT2D eigenvalue weighted by Crippen LogP contribution is 2.31. The molecule has 0 saturated heterocycles. The topological polar surface area (TPSA) is 29.3 Å². The normalized spacial score (nSPS) is 17.2. The number of likely N-dealkylation sites (N-methyl/N-ethyl adjacent to an activating group) is 1. The zero-order chi connectivity index (χ0) is 12.3. The van der Waals surface area contributed by atoms with Crippen molar-refractivity contribution in [1.29, 1.82) is 0 Å². The Morgan fingerprint density at radius 3 is 2.31 bits per heavy atom. The molecule has 0 spiro atoms. The van der Waals surface area contributed by atoms with Gasteiger partial charge in [-0.3, -0.25) is 0 Å². The van der Waals surface area contributed by atoms with Crippen molar-refractivity contribution < 1.29 is 0 Å². The molecule has 1 aromatic carbocycles. The minimum absolute atomic E-state index is 0.00606. The number of aryl methyl sites for hydroxylation is 1. The summed E-state index contributed by atoms with van der Waals surface area (Å²) in [5.41, 5.74) is 8.98. The van der Waals surface area contributed by atoms with Gasteiger partial charge in [-0.25, -0.2) is 0 Å². The van der Waals surface area contributed by atoms with Crippen LogP contribution in [-0.4, -0.2) is 24.5 Å². The molecule has 0 fully saturated rings. The van der Waals surface area contributed by atoms with E-state index < -0.39 is 0 Å². The van der Waals surface area contributed by atoms with E-state index in [0.717, 1.165) is 6.42 Å². The van der Waals surface area contributed by atoms with Crippen LogP contribution in [0.2, 0.25) is 0 Å². The molecule has 0 aliphatic rings. The van der Waals surface area contributed by atoms with Gasteiger partial charge in [-0.1, -0.05) is 31.2 Å². The van der Waals surface area contributed by atoms with Crippen molar-refractivity contribution in [3.8, 4) is 0 Å². The second-order valence-corrected chi connectivity index (χ2v) is 4.94. The zero-order valence-electron chi connectivity index (χ0n) is 11.1. The fraction of sp³-hybridized carbons (Fsp3) is 0.571. The molecule has 2 atom stereocenters. The molecule has 16 heavy (non-hydrogen) atoms. The fourth-order valence-corrected chi connectivity index (χ4v) is 2.09. The van der Waals surface area contributed by atoms with Gasteiger partial charge in [0.15, 0.2) is 0 Å². The Morgan fingerprint density at radius 1 is 1.31 bits per heavy atom. The SMILES string of the molecule is CCC(C)(C(N)c1ccccc1C)N(C)C. The average molecular weight is 220 g/mol. The minimum atomic E-state index is 0.00606. The van der Waals surface area contributed by atoms with Gasteiger partial charge in [-0.2, -0.15) is 0 Å². The molecule has 0 heterocycles. The van der Waals surface area contributed by atoms with E-state index in [1.165, 1.54) is 11.1 Å². The van der Waals surface area contributed by atoms with Gasteiger partial charge in [0, 0.05) is 11.6 Å². The summed E-state index contributed by atoms with van der Waals surface area (Å²) in [7, 11) is 4.20. The number of hydrogen-bond acceptors (Lipinski definition) is 2. The van der Waals surface area contributed by atoms with Crippen LogP contribution in [-0.2, 0) is 0 Å². The fourth-order valence-electron chi connectivity index (χ4n) is 2.09. The van der Waals surface area contributed by atoms with Gasteiger partial charge in [0.1, 0.15) is 0 Å². The molecule has 0 aliphatic carbocycles. The Morgan fingerprint density at radius 2 is 1.88 bits per heavy atom. The van der Waals surface area contributed by atoms with E-state index in [1.54, 1.807) is 0 Å². The summed E-state index contributed by atoms with van der Waals surface area (Å²) >= 11 is 0. The maximum absolute atomic E-state index is 6.44. The first-order valence-corrected chi connectivity index (χ1v) is 5.92. The Labute approximate surface area is 99.5 Å². The van der Waals surface area contributed by atoms with Crippen molar-refractivity contribution in [3.63, 3.8) is 0 Å². The van der Waals surface area contributed by atoms with Crippen LogP contribution in [0.4, 0.5) is 0 Å². The van der Waals surface area contributed by atoms with Crippen LogP contribution in [0.5, 0.6) is 0 Å². The molecule has 0 saturated carbocycles. The van der Waals surface area contributed by atoms with Crippen LogP contribution < -0.4 is 5.73 Å². The van der Waals surface area contributed by atoms with E-state index in [2.05, 4.69) is 64.0 Å². The maximum Gasteiger partial charge on any atom is 0.0481 e. The molecular weight excluding hydrogens is 196 g/mol. The van der Waals surface area contributed by atoms with Crippen LogP contribution in [0.3, 0.4) is 0 Å². The lowest BCUT2D eigenvalue weighted by Crippen LogP contribution is -2.49. The number of hydrogen-bond donors (Lipinski definition) is 1. The molecule has 2 unspecified atom stereocenters. The minimum Gasteiger partial charge on any atom is -0.322 e. The molecule has 0 aliphatic heterocycles. The first-order chi connectivity index (χ1) is 7.43. The summed E-state index contributed by atoms with van der Waals surface area (Å²) in [4.78, 5) is 2.23. The molecule has 0 amide bonds. The highest BCUT2D eigenvalue weighted by atomic mass is 15.2. The second kappa shape index (κ2) is 4.98. The summed E-state index contributed by atoms with van der Waals surface area (Å²) in [6.45, 7) is 6.54. The van der Waals surface area contributed by atoms with Crippen molar-refractivity contribution >= 4 is 0 Å². The van der Waals surface area contributed by atoms with Crippen LogP contribution in [0.15, 0.2) is 24.3 Å². The van der Waals surface area contributed by atoms with Crippen LogP contribution >= 0.6 is 0 Å². The molecule has 90 valence electrons. The number of nitrogens with two attached hydrogens (primary N) is 1. The Kier molecular flexibility index (Phi) is 4.11. The largest absolute Gasteiger partial charge is 0.322 e. The average Bonchev–Trinajstić information content (AvgIpc) is 2.27. The molecule has 1 aromatic rings. The number of benzene rings is 1. The maximum atomic E-state index is 6.44. The summed E-state index contributed by atoms with van der Waals surface area (Å²) < 4.78 is 0. The summed E-state index contributed by atoms with van der Waals surface area (Å²) in [6, 6.07) is 8.44. The van der Waals surface area contributed by atoms with Crippen molar-refractivity contribution in [1.82, 2.24) is 4.90 Å². The highest BCUT2D eigenvalue weighted by molar-refractivity contribution is 5.30. The number of nitrogens with zero attached hydrogens (tertiary/aromatic N) is 1. The van der Waals surface area contributed by atoms with Crippen molar-refractivity contribution in [2.24, 2.45) is 5.73 Å². The van der Waals surface area contributed by atoms with E-state index in [1.807, 2.05) is 0 Å². The second-order valence-electron chi connectivity index (χ2n) is 4.94. The molecule has 0 radical (unpaired) electrons. The molecule has 2 nitrogen and oxygen atoms in total. The van der Waals surface area contributed by atoms with Gasteiger partial charge in [0.05, 0.1) is 0 Å². The predicted molar refractivity (Wildman–Crippen MR) is 70.5 cm³/mol. The summed E-state index contributed by atoms with van der Waals surface area (Å²) in [6.07, 6.45) is 1.04. The molecule has 0 aromatic heterocycles. The smallest absolute Gasteiger partial charge is 0.0481 e. The third-order valence-electron chi connectivity index (χ3n) is 3.93. The lowest BCUT2D eigenvalue weighted by molar-refractivity contribution is 0.131.